The summed E-state index contributed by atoms with van der Waals surface area (Å²) < 4.78 is 1.84. The highest BCUT2D eigenvalue weighted by molar-refractivity contribution is 7.99. The molecule has 5 nitrogen and oxygen atoms in total. The maximum absolute atomic E-state index is 9.52. The van der Waals surface area contributed by atoms with Crippen LogP contribution in [0.2, 0.25) is 0 Å². The van der Waals surface area contributed by atoms with Crippen molar-refractivity contribution in [2.45, 2.75) is 24.6 Å². The lowest BCUT2D eigenvalue weighted by Gasteiger charge is -2.10. The first kappa shape index (κ1) is 15.1. The molecule has 2 rings (SSSR count). The Labute approximate surface area is 122 Å². The Hall–Kier alpha value is -1.34. The van der Waals surface area contributed by atoms with Gasteiger partial charge in [-0.15, -0.1) is 11.8 Å². The summed E-state index contributed by atoms with van der Waals surface area (Å²) in [6.07, 6.45) is -0.745. The summed E-state index contributed by atoms with van der Waals surface area (Å²) in [5.74, 6) is 0.404. The van der Waals surface area contributed by atoms with Crippen LogP contribution < -0.4 is 5.73 Å². The number of hydrogen-bond acceptors (Lipinski definition) is 5. The molecule has 0 aliphatic rings. The molecule has 1 heterocycles. The van der Waals surface area contributed by atoms with Crippen molar-refractivity contribution in [1.82, 2.24) is 9.78 Å². The number of aliphatic hydroxyl groups excluding tert-OH is 2. The molecule has 0 spiro atoms. The minimum atomic E-state index is -0.745. The Kier molecular flexibility index (Phi) is 5.19. The van der Waals surface area contributed by atoms with Crippen LogP contribution in [0.25, 0.3) is 5.69 Å². The van der Waals surface area contributed by atoms with Crippen molar-refractivity contribution in [2.24, 2.45) is 5.73 Å². The highest BCUT2D eigenvalue weighted by Crippen LogP contribution is 2.28. The van der Waals surface area contributed by atoms with E-state index in [1.807, 2.05) is 41.9 Å². The maximum atomic E-state index is 9.52. The van der Waals surface area contributed by atoms with E-state index in [2.05, 4.69) is 5.10 Å². The molecule has 108 valence electrons. The first-order valence-electron chi connectivity index (χ1n) is 6.43. The van der Waals surface area contributed by atoms with Crippen molar-refractivity contribution < 1.29 is 10.2 Å². The average Bonchev–Trinajstić information content (AvgIpc) is 2.81. The zero-order valence-electron chi connectivity index (χ0n) is 11.4. The van der Waals surface area contributed by atoms with Gasteiger partial charge in [-0.05, 0) is 19.1 Å². The Morgan fingerprint density at radius 3 is 2.65 bits per heavy atom. The lowest BCUT2D eigenvalue weighted by Crippen LogP contribution is -2.15. The highest BCUT2D eigenvalue weighted by Gasteiger charge is 2.17. The van der Waals surface area contributed by atoms with Crippen LogP contribution >= 0.6 is 11.8 Å². The second kappa shape index (κ2) is 6.90. The van der Waals surface area contributed by atoms with Gasteiger partial charge in [0.05, 0.1) is 24.1 Å². The molecule has 1 aromatic carbocycles. The Balaban J connectivity index is 2.36. The molecule has 4 N–H and O–H groups in total. The molecule has 0 aliphatic heterocycles. The number of para-hydroxylation sites is 1. The molecule has 0 saturated heterocycles. The van der Waals surface area contributed by atoms with Crippen LogP contribution in [0.3, 0.4) is 0 Å². The standard InChI is InChI=1S/C14H19N3O2S/c1-10-13(7-15)14(20-9-12(19)8-18)17(16-10)11-5-3-2-4-6-11/h2-6,12,18-19H,7-9,15H2,1H3. The number of rotatable bonds is 6. The third-order valence-electron chi connectivity index (χ3n) is 2.97. The van der Waals surface area contributed by atoms with Gasteiger partial charge in [-0.2, -0.15) is 5.10 Å². The molecule has 0 bridgehead atoms. The number of thioether (sulfide) groups is 1. The fraction of sp³-hybridized carbons (Fsp3) is 0.357. The van der Waals surface area contributed by atoms with Crippen LogP contribution in [0, 0.1) is 6.92 Å². The molecule has 1 aromatic heterocycles. The molecule has 2 aromatic rings. The number of benzene rings is 1. The second-order valence-corrected chi connectivity index (χ2v) is 5.48. The van der Waals surface area contributed by atoms with Crippen LogP contribution in [0.5, 0.6) is 0 Å². The van der Waals surface area contributed by atoms with Crippen LogP contribution in [0.4, 0.5) is 0 Å². The predicted octanol–water partition coefficient (Wildman–Crippen LogP) is 1.08. The highest BCUT2D eigenvalue weighted by atomic mass is 32.2. The minimum Gasteiger partial charge on any atom is -0.394 e. The molecular formula is C14H19N3O2S. The van der Waals surface area contributed by atoms with Crippen molar-refractivity contribution in [3.8, 4) is 5.69 Å². The summed E-state index contributed by atoms with van der Waals surface area (Å²) in [5, 5.41) is 23.9. The van der Waals surface area contributed by atoms with Gasteiger partial charge in [-0.25, -0.2) is 4.68 Å². The van der Waals surface area contributed by atoms with Gasteiger partial charge in [0.15, 0.2) is 0 Å². The van der Waals surface area contributed by atoms with Gasteiger partial charge >= 0.3 is 0 Å². The number of hydrogen-bond donors (Lipinski definition) is 3. The van der Waals surface area contributed by atoms with E-state index in [1.165, 1.54) is 11.8 Å². The number of nitrogens with zero attached hydrogens (tertiary/aromatic N) is 2. The van der Waals surface area contributed by atoms with E-state index in [1.54, 1.807) is 0 Å². The molecule has 6 heteroatoms. The quantitative estimate of drug-likeness (QED) is 0.694. The third kappa shape index (κ3) is 3.21. The van der Waals surface area contributed by atoms with Gasteiger partial charge in [-0.3, -0.25) is 0 Å². The molecule has 20 heavy (non-hydrogen) atoms. The number of aryl methyl sites for hydroxylation is 1. The smallest absolute Gasteiger partial charge is 0.105 e. The monoisotopic (exact) mass is 293 g/mol. The van der Waals surface area contributed by atoms with Crippen molar-refractivity contribution in [3.05, 3.63) is 41.6 Å². The molecule has 1 atom stereocenters. The van der Waals surface area contributed by atoms with Gasteiger partial charge < -0.3 is 15.9 Å². The molecular weight excluding hydrogens is 274 g/mol. The lowest BCUT2D eigenvalue weighted by atomic mass is 10.3. The van der Waals surface area contributed by atoms with Crippen LogP contribution in [-0.4, -0.2) is 38.5 Å². The Morgan fingerprint density at radius 2 is 2.05 bits per heavy atom. The normalized spacial score (nSPS) is 12.6. The summed E-state index contributed by atoms with van der Waals surface area (Å²) in [7, 11) is 0. The minimum absolute atomic E-state index is 0.247. The molecule has 0 fully saturated rings. The van der Waals surface area contributed by atoms with E-state index in [4.69, 9.17) is 10.8 Å². The topological polar surface area (TPSA) is 84.3 Å². The van der Waals surface area contributed by atoms with Crippen molar-refractivity contribution in [1.29, 1.82) is 0 Å². The van der Waals surface area contributed by atoms with Gasteiger partial charge in [0.25, 0.3) is 0 Å². The van der Waals surface area contributed by atoms with E-state index in [0.717, 1.165) is 22.0 Å². The van der Waals surface area contributed by atoms with Crippen LogP contribution in [0.15, 0.2) is 35.4 Å². The summed E-state index contributed by atoms with van der Waals surface area (Å²) >= 11 is 1.46. The maximum Gasteiger partial charge on any atom is 0.105 e. The Morgan fingerprint density at radius 1 is 1.35 bits per heavy atom. The number of nitrogens with two attached hydrogens (primary N) is 1. The number of aromatic nitrogens is 2. The SMILES string of the molecule is Cc1nn(-c2ccccc2)c(SCC(O)CO)c1CN. The summed E-state index contributed by atoms with van der Waals surface area (Å²) in [5.41, 5.74) is 8.62. The van der Waals surface area contributed by atoms with Gasteiger partial charge in [-0.1, -0.05) is 18.2 Å². The third-order valence-corrected chi connectivity index (χ3v) is 4.21. The zero-order chi connectivity index (χ0) is 14.5. The lowest BCUT2D eigenvalue weighted by molar-refractivity contribution is 0.113. The largest absolute Gasteiger partial charge is 0.394 e. The predicted molar refractivity (Wildman–Crippen MR) is 80.0 cm³/mol. The Bertz CT molecular complexity index is 557. The molecule has 0 aliphatic carbocycles. The van der Waals surface area contributed by atoms with Crippen LogP contribution in [0.1, 0.15) is 11.3 Å². The van der Waals surface area contributed by atoms with Crippen LogP contribution in [-0.2, 0) is 6.54 Å². The molecule has 0 radical (unpaired) electrons. The average molecular weight is 293 g/mol. The fourth-order valence-corrected chi connectivity index (χ4v) is 3.02. The second-order valence-electron chi connectivity index (χ2n) is 4.47. The van der Waals surface area contributed by atoms with E-state index < -0.39 is 6.10 Å². The van der Waals surface area contributed by atoms with Crippen molar-refractivity contribution in [3.63, 3.8) is 0 Å². The summed E-state index contributed by atoms with van der Waals surface area (Å²) in [6, 6.07) is 9.79. The van der Waals surface area contributed by atoms with E-state index in [9.17, 15) is 5.11 Å². The van der Waals surface area contributed by atoms with Gasteiger partial charge in [0.2, 0.25) is 0 Å². The van der Waals surface area contributed by atoms with Crippen molar-refractivity contribution in [2.75, 3.05) is 12.4 Å². The fourth-order valence-electron chi connectivity index (χ4n) is 1.89. The van der Waals surface area contributed by atoms with Gasteiger partial charge in [0.1, 0.15) is 5.03 Å². The zero-order valence-corrected chi connectivity index (χ0v) is 12.2. The van der Waals surface area contributed by atoms with E-state index in [-0.39, 0.29) is 6.61 Å². The van der Waals surface area contributed by atoms with E-state index >= 15 is 0 Å². The van der Waals surface area contributed by atoms with E-state index in [0.29, 0.717) is 12.3 Å². The van der Waals surface area contributed by atoms with Gasteiger partial charge in [0, 0.05) is 17.9 Å². The summed E-state index contributed by atoms with van der Waals surface area (Å²) in [6.45, 7) is 2.08. The first-order valence-corrected chi connectivity index (χ1v) is 7.41. The summed E-state index contributed by atoms with van der Waals surface area (Å²) in [4.78, 5) is 0. The molecule has 0 amide bonds. The number of aliphatic hydroxyl groups is 2. The molecule has 1 unspecified atom stereocenters. The molecule has 0 saturated carbocycles. The first-order chi connectivity index (χ1) is 9.67. The van der Waals surface area contributed by atoms with Crippen molar-refractivity contribution >= 4 is 11.8 Å².